The Hall–Kier alpha value is -1.02. The summed E-state index contributed by atoms with van der Waals surface area (Å²) in [6, 6.07) is 3.29. The van der Waals surface area contributed by atoms with E-state index in [-0.39, 0.29) is 11.8 Å². The Morgan fingerprint density at radius 2 is 2.00 bits per heavy atom. The molecule has 0 amide bonds. The van der Waals surface area contributed by atoms with Crippen LogP contribution in [0.3, 0.4) is 0 Å². The summed E-state index contributed by atoms with van der Waals surface area (Å²) in [5.41, 5.74) is 3.48. The van der Waals surface area contributed by atoms with Gasteiger partial charge in [-0.1, -0.05) is 11.6 Å². The van der Waals surface area contributed by atoms with E-state index in [2.05, 4.69) is 5.43 Å². The van der Waals surface area contributed by atoms with Crippen LogP contribution < -0.4 is 20.7 Å². The number of benzene rings is 1. The van der Waals surface area contributed by atoms with Gasteiger partial charge in [0, 0.05) is 18.1 Å². The molecule has 0 radical (unpaired) electrons. The molecule has 0 spiro atoms. The van der Waals surface area contributed by atoms with Crippen molar-refractivity contribution in [2.24, 2.45) is 5.84 Å². The molecule has 0 heterocycles. The Labute approximate surface area is 130 Å². The van der Waals surface area contributed by atoms with Gasteiger partial charge in [-0.25, -0.2) is 8.42 Å². The van der Waals surface area contributed by atoms with Gasteiger partial charge in [0.25, 0.3) is 0 Å². The summed E-state index contributed by atoms with van der Waals surface area (Å²) in [4.78, 5) is 0. The smallest absolute Gasteiger partial charge is 0.179 e. The molecule has 0 aliphatic carbocycles. The monoisotopic (exact) mass is 336 g/mol. The van der Waals surface area contributed by atoms with Crippen LogP contribution in [0.25, 0.3) is 0 Å². The van der Waals surface area contributed by atoms with Crippen LogP contribution in [0, 0.1) is 0 Å². The fourth-order valence-electron chi connectivity index (χ4n) is 2.03. The molecule has 0 aliphatic heterocycles. The molecule has 0 aliphatic rings. The fourth-order valence-corrected chi connectivity index (χ4v) is 3.02. The van der Waals surface area contributed by atoms with Gasteiger partial charge in [0.2, 0.25) is 0 Å². The molecule has 1 aromatic rings. The molecule has 0 bridgehead atoms. The third-order valence-corrected chi connectivity index (χ3v) is 4.38. The highest BCUT2D eigenvalue weighted by atomic mass is 35.5. The SMILES string of the molecule is COc1cc(C(CCCS(C)(=O)=O)NN)cc(Cl)c1OC. The number of hydrazine groups is 1. The molecular weight excluding hydrogens is 316 g/mol. The fraction of sp³-hybridized carbons (Fsp3) is 0.538. The van der Waals surface area contributed by atoms with Gasteiger partial charge in [0.1, 0.15) is 9.84 Å². The zero-order valence-corrected chi connectivity index (χ0v) is 13.9. The number of halogens is 1. The quantitative estimate of drug-likeness (QED) is 0.554. The third-order valence-electron chi connectivity index (χ3n) is 3.07. The van der Waals surface area contributed by atoms with Gasteiger partial charge in [-0.05, 0) is 30.5 Å². The molecule has 1 aromatic carbocycles. The van der Waals surface area contributed by atoms with E-state index in [0.717, 1.165) is 5.56 Å². The van der Waals surface area contributed by atoms with E-state index >= 15 is 0 Å². The van der Waals surface area contributed by atoms with E-state index in [9.17, 15) is 8.42 Å². The lowest BCUT2D eigenvalue weighted by Crippen LogP contribution is -2.28. The molecule has 0 aromatic heterocycles. The lowest BCUT2D eigenvalue weighted by atomic mass is 10.0. The minimum Gasteiger partial charge on any atom is -0.493 e. The second-order valence-corrected chi connectivity index (χ2v) is 7.40. The Morgan fingerprint density at radius 1 is 1.33 bits per heavy atom. The Kier molecular flexibility index (Phi) is 6.73. The first-order valence-electron chi connectivity index (χ1n) is 6.37. The number of hydrogen-bond acceptors (Lipinski definition) is 6. The molecule has 0 saturated heterocycles. The van der Waals surface area contributed by atoms with Crippen molar-refractivity contribution in [2.45, 2.75) is 18.9 Å². The Balaban J connectivity index is 2.93. The summed E-state index contributed by atoms with van der Waals surface area (Å²) in [6.07, 6.45) is 2.28. The van der Waals surface area contributed by atoms with Crippen molar-refractivity contribution < 1.29 is 17.9 Å². The summed E-state index contributed by atoms with van der Waals surface area (Å²) >= 11 is 6.15. The largest absolute Gasteiger partial charge is 0.493 e. The Morgan fingerprint density at radius 3 is 2.48 bits per heavy atom. The molecule has 1 atom stereocenters. The molecule has 1 unspecified atom stereocenters. The maximum absolute atomic E-state index is 11.2. The molecular formula is C13H21ClN2O4S. The van der Waals surface area contributed by atoms with Crippen molar-refractivity contribution in [3.8, 4) is 11.5 Å². The van der Waals surface area contributed by atoms with Crippen molar-refractivity contribution in [1.82, 2.24) is 5.43 Å². The average molecular weight is 337 g/mol. The standard InChI is InChI=1S/C13H21ClN2O4S/c1-19-12-8-9(7-10(14)13(12)20-2)11(16-15)5-4-6-21(3,17)18/h7-8,11,16H,4-6,15H2,1-3H3. The van der Waals surface area contributed by atoms with Crippen LogP contribution in [0.1, 0.15) is 24.4 Å². The first kappa shape index (κ1) is 18.0. The van der Waals surface area contributed by atoms with Gasteiger partial charge >= 0.3 is 0 Å². The van der Waals surface area contributed by atoms with Crippen molar-refractivity contribution in [2.75, 3.05) is 26.2 Å². The minimum atomic E-state index is -2.98. The van der Waals surface area contributed by atoms with Crippen LogP contribution in [-0.4, -0.2) is 34.6 Å². The van der Waals surface area contributed by atoms with Gasteiger partial charge in [0.05, 0.1) is 19.2 Å². The van der Waals surface area contributed by atoms with Crippen molar-refractivity contribution in [3.05, 3.63) is 22.7 Å². The van der Waals surface area contributed by atoms with Crippen molar-refractivity contribution in [1.29, 1.82) is 0 Å². The van der Waals surface area contributed by atoms with Crippen LogP contribution >= 0.6 is 11.6 Å². The van der Waals surface area contributed by atoms with Crippen LogP contribution in [0.15, 0.2) is 12.1 Å². The summed E-state index contributed by atoms with van der Waals surface area (Å²) in [5, 5.41) is 0.412. The summed E-state index contributed by atoms with van der Waals surface area (Å²) in [7, 11) is 0.0472. The van der Waals surface area contributed by atoms with E-state index in [1.165, 1.54) is 20.5 Å². The highest BCUT2D eigenvalue weighted by Crippen LogP contribution is 2.38. The molecule has 120 valence electrons. The van der Waals surface area contributed by atoms with Crippen LogP contribution in [0.5, 0.6) is 11.5 Å². The number of nitrogens with two attached hydrogens (primary N) is 1. The summed E-state index contributed by atoms with van der Waals surface area (Å²) in [5.74, 6) is 6.63. The maximum atomic E-state index is 11.2. The first-order chi connectivity index (χ1) is 9.82. The third kappa shape index (κ3) is 5.35. The number of nitrogens with one attached hydrogen (secondary N) is 1. The van der Waals surface area contributed by atoms with E-state index < -0.39 is 9.84 Å². The maximum Gasteiger partial charge on any atom is 0.179 e. The van der Waals surface area contributed by atoms with Crippen molar-refractivity contribution in [3.63, 3.8) is 0 Å². The van der Waals surface area contributed by atoms with E-state index in [1.807, 2.05) is 0 Å². The van der Waals surface area contributed by atoms with Crippen molar-refractivity contribution >= 4 is 21.4 Å². The van der Waals surface area contributed by atoms with Gasteiger partial charge in [-0.3, -0.25) is 11.3 Å². The number of sulfone groups is 1. The van der Waals surface area contributed by atoms with Crippen LogP contribution in [-0.2, 0) is 9.84 Å². The number of methoxy groups -OCH3 is 2. The van der Waals surface area contributed by atoms with Gasteiger partial charge < -0.3 is 9.47 Å². The molecule has 0 fully saturated rings. The second-order valence-electron chi connectivity index (χ2n) is 4.73. The number of rotatable bonds is 8. The number of ether oxygens (including phenoxy) is 2. The average Bonchev–Trinajstić information content (AvgIpc) is 2.41. The minimum absolute atomic E-state index is 0.117. The topological polar surface area (TPSA) is 90.7 Å². The highest BCUT2D eigenvalue weighted by molar-refractivity contribution is 7.90. The summed E-state index contributed by atoms with van der Waals surface area (Å²) < 4.78 is 32.7. The van der Waals surface area contributed by atoms with Gasteiger partial charge in [-0.15, -0.1) is 0 Å². The molecule has 0 saturated carbocycles. The lowest BCUT2D eigenvalue weighted by Gasteiger charge is -2.19. The first-order valence-corrected chi connectivity index (χ1v) is 8.81. The van der Waals surface area contributed by atoms with E-state index in [1.54, 1.807) is 12.1 Å². The molecule has 3 N–H and O–H groups in total. The molecule has 21 heavy (non-hydrogen) atoms. The zero-order valence-electron chi connectivity index (χ0n) is 12.3. The predicted octanol–water partition coefficient (Wildman–Crippen LogP) is 1.69. The Bertz CT molecular complexity index is 578. The normalized spacial score (nSPS) is 13.0. The molecule has 8 heteroatoms. The zero-order chi connectivity index (χ0) is 16.0. The van der Waals surface area contributed by atoms with Gasteiger partial charge in [-0.2, -0.15) is 0 Å². The molecule has 1 rings (SSSR count). The van der Waals surface area contributed by atoms with Gasteiger partial charge in [0.15, 0.2) is 11.5 Å². The van der Waals surface area contributed by atoms with E-state index in [4.69, 9.17) is 26.9 Å². The van der Waals surface area contributed by atoms with Crippen LogP contribution in [0.2, 0.25) is 5.02 Å². The van der Waals surface area contributed by atoms with Crippen LogP contribution in [0.4, 0.5) is 0 Å². The van der Waals surface area contributed by atoms with E-state index in [0.29, 0.717) is 29.4 Å². The molecule has 6 nitrogen and oxygen atoms in total. The lowest BCUT2D eigenvalue weighted by molar-refractivity contribution is 0.353. The summed E-state index contributed by atoms with van der Waals surface area (Å²) in [6.45, 7) is 0. The number of hydrogen-bond donors (Lipinski definition) is 2. The highest BCUT2D eigenvalue weighted by Gasteiger charge is 2.17. The second kappa shape index (κ2) is 7.84. The predicted molar refractivity (Wildman–Crippen MR) is 83.6 cm³/mol.